The van der Waals surface area contributed by atoms with Crippen LogP contribution in [0, 0.1) is 3.57 Å². The molecule has 0 bridgehead atoms. The molecule has 2 amide bonds. The van der Waals surface area contributed by atoms with Crippen LogP contribution in [0.25, 0.3) is 6.08 Å². The number of thioether (sulfide) groups is 1. The van der Waals surface area contributed by atoms with Gasteiger partial charge in [-0.25, -0.2) is 0 Å². The normalized spacial score (nSPS) is 16.3. The second-order valence-electron chi connectivity index (χ2n) is 5.04. The third-order valence-electron chi connectivity index (χ3n) is 3.39. The lowest BCUT2D eigenvalue weighted by Crippen LogP contribution is -2.27. The summed E-state index contributed by atoms with van der Waals surface area (Å²) in [4.78, 5) is 26.4. The van der Waals surface area contributed by atoms with Gasteiger partial charge in [0.15, 0.2) is 0 Å². The number of rotatable bonds is 3. The fraction of sp³-hybridized carbons (Fsp3) is 0.0588. The van der Waals surface area contributed by atoms with Crippen molar-refractivity contribution in [3.05, 3.63) is 72.1 Å². The molecule has 0 atom stereocenters. The van der Waals surface area contributed by atoms with E-state index >= 15 is 0 Å². The Hall–Kier alpha value is -1.02. The summed E-state index contributed by atoms with van der Waals surface area (Å²) in [6.07, 6.45) is 1.75. The second kappa shape index (κ2) is 7.47. The first kappa shape index (κ1) is 17.8. The summed E-state index contributed by atoms with van der Waals surface area (Å²) in [5.41, 5.74) is 1.67. The van der Waals surface area contributed by atoms with Gasteiger partial charge in [-0.2, -0.15) is 0 Å². The highest BCUT2D eigenvalue weighted by molar-refractivity contribution is 14.1. The van der Waals surface area contributed by atoms with Crippen LogP contribution in [0.4, 0.5) is 4.79 Å². The molecule has 0 aromatic heterocycles. The Morgan fingerprint density at radius 3 is 2.54 bits per heavy atom. The smallest absolute Gasteiger partial charge is 0.268 e. The quantitative estimate of drug-likeness (QED) is 0.401. The van der Waals surface area contributed by atoms with E-state index in [1.54, 1.807) is 24.3 Å². The number of hydrogen-bond donors (Lipinski definition) is 0. The molecule has 3 rings (SSSR count). The highest BCUT2D eigenvalue weighted by Gasteiger charge is 2.35. The van der Waals surface area contributed by atoms with E-state index in [-0.39, 0.29) is 17.7 Å². The molecule has 0 aliphatic carbocycles. The van der Waals surface area contributed by atoms with Crippen molar-refractivity contribution < 1.29 is 9.59 Å². The van der Waals surface area contributed by atoms with Crippen molar-refractivity contribution in [3.8, 4) is 0 Å². The van der Waals surface area contributed by atoms with Gasteiger partial charge in [0.2, 0.25) is 0 Å². The summed E-state index contributed by atoms with van der Waals surface area (Å²) < 4.78 is 1.02. The van der Waals surface area contributed by atoms with Gasteiger partial charge in [0.25, 0.3) is 11.1 Å². The maximum Gasteiger partial charge on any atom is 0.293 e. The van der Waals surface area contributed by atoms with Crippen molar-refractivity contribution in [2.75, 3.05) is 0 Å². The van der Waals surface area contributed by atoms with E-state index in [1.807, 2.05) is 24.3 Å². The molecule has 24 heavy (non-hydrogen) atoms. The van der Waals surface area contributed by atoms with E-state index < -0.39 is 0 Å². The molecule has 0 spiro atoms. The number of amides is 2. The summed E-state index contributed by atoms with van der Waals surface area (Å²) in [5, 5.41) is 0.548. The molecule has 2 aromatic rings. The van der Waals surface area contributed by atoms with Crippen LogP contribution in [-0.4, -0.2) is 16.0 Å². The number of carbonyl (C=O) groups is 2. The Balaban J connectivity index is 1.84. The predicted molar refractivity (Wildman–Crippen MR) is 107 cm³/mol. The van der Waals surface area contributed by atoms with Crippen LogP contribution in [0.1, 0.15) is 11.1 Å². The van der Waals surface area contributed by atoms with E-state index in [0.717, 1.165) is 26.5 Å². The monoisotopic (exact) mass is 489 g/mol. The van der Waals surface area contributed by atoms with Crippen LogP contribution in [0.15, 0.2) is 47.4 Å². The minimum absolute atomic E-state index is 0.171. The minimum atomic E-state index is -0.296. The first-order valence-corrected chi connectivity index (χ1v) is 9.54. The Labute approximate surface area is 167 Å². The molecule has 1 fully saturated rings. The zero-order valence-corrected chi connectivity index (χ0v) is 16.6. The number of carbonyl (C=O) groups excluding carboxylic acids is 2. The topological polar surface area (TPSA) is 37.4 Å². The maximum atomic E-state index is 12.5. The van der Waals surface area contributed by atoms with Crippen molar-refractivity contribution in [2.45, 2.75) is 6.54 Å². The van der Waals surface area contributed by atoms with Crippen molar-refractivity contribution in [2.24, 2.45) is 0 Å². The predicted octanol–water partition coefficient (Wildman–Crippen LogP) is 5.83. The van der Waals surface area contributed by atoms with Crippen LogP contribution in [-0.2, 0) is 11.3 Å². The van der Waals surface area contributed by atoms with Crippen LogP contribution in [0.3, 0.4) is 0 Å². The minimum Gasteiger partial charge on any atom is -0.268 e. The van der Waals surface area contributed by atoms with Crippen molar-refractivity contribution >= 4 is 74.8 Å². The van der Waals surface area contributed by atoms with Gasteiger partial charge in [0, 0.05) is 3.57 Å². The Morgan fingerprint density at radius 1 is 1.08 bits per heavy atom. The van der Waals surface area contributed by atoms with Crippen molar-refractivity contribution in [3.63, 3.8) is 0 Å². The summed E-state index contributed by atoms with van der Waals surface area (Å²) in [7, 11) is 0. The fourth-order valence-corrected chi connectivity index (χ4v) is 3.88. The third-order valence-corrected chi connectivity index (χ3v) is 6.02. The highest BCUT2D eigenvalue weighted by atomic mass is 127. The lowest BCUT2D eigenvalue weighted by atomic mass is 10.2. The summed E-state index contributed by atoms with van der Waals surface area (Å²) in [6, 6.07) is 12.8. The molecule has 0 unspecified atom stereocenters. The van der Waals surface area contributed by atoms with E-state index in [4.69, 9.17) is 23.2 Å². The average molecular weight is 490 g/mol. The Bertz CT molecular complexity index is 869. The summed E-state index contributed by atoms with van der Waals surface area (Å²) in [5.74, 6) is -0.296. The van der Waals surface area contributed by atoms with E-state index in [2.05, 4.69) is 22.6 Å². The van der Waals surface area contributed by atoms with Crippen LogP contribution in [0.2, 0.25) is 10.0 Å². The molecule has 0 saturated carbocycles. The molecule has 7 heteroatoms. The number of imide groups is 1. The van der Waals surface area contributed by atoms with Gasteiger partial charge < -0.3 is 0 Å². The van der Waals surface area contributed by atoms with Gasteiger partial charge in [0.1, 0.15) is 0 Å². The molecular weight excluding hydrogens is 480 g/mol. The first-order valence-electron chi connectivity index (χ1n) is 6.89. The molecule has 0 N–H and O–H groups in total. The Morgan fingerprint density at radius 2 is 1.83 bits per heavy atom. The highest BCUT2D eigenvalue weighted by Crippen LogP contribution is 2.34. The van der Waals surface area contributed by atoms with Crippen molar-refractivity contribution in [1.29, 1.82) is 0 Å². The van der Waals surface area contributed by atoms with Crippen LogP contribution >= 0.6 is 57.6 Å². The van der Waals surface area contributed by atoms with Crippen LogP contribution < -0.4 is 0 Å². The zero-order chi connectivity index (χ0) is 17.3. The lowest BCUT2D eigenvalue weighted by molar-refractivity contribution is -0.123. The molecule has 3 nitrogen and oxygen atoms in total. The van der Waals surface area contributed by atoms with Gasteiger partial charge in [-0.05, 0) is 69.8 Å². The molecule has 1 saturated heterocycles. The molecule has 0 radical (unpaired) electrons. The SMILES string of the molecule is O=C1S/C(=C\c2ccccc2I)C(=O)N1Cc1ccc(Cl)c(Cl)c1. The standard InChI is InChI=1S/C17H10Cl2INO2S/c18-12-6-5-10(7-13(12)19)9-21-16(22)15(24-17(21)23)8-11-3-1-2-4-14(11)20/h1-8H,9H2/b15-8-. The fourth-order valence-electron chi connectivity index (χ4n) is 2.19. The van der Waals surface area contributed by atoms with Gasteiger partial charge in [-0.15, -0.1) is 0 Å². The number of benzene rings is 2. The van der Waals surface area contributed by atoms with Crippen molar-refractivity contribution in [1.82, 2.24) is 4.90 Å². The summed E-state index contributed by atoms with van der Waals surface area (Å²) in [6.45, 7) is 0.171. The largest absolute Gasteiger partial charge is 0.293 e. The zero-order valence-electron chi connectivity index (χ0n) is 12.1. The molecular formula is C17H10Cl2INO2S. The van der Waals surface area contributed by atoms with Gasteiger partial charge in [0.05, 0.1) is 21.5 Å². The lowest BCUT2D eigenvalue weighted by Gasteiger charge is -2.12. The maximum absolute atomic E-state index is 12.5. The first-order chi connectivity index (χ1) is 11.5. The van der Waals surface area contributed by atoms with E-state index in [0.29, 0.717) is 15.0 Å². The Kier molecular flexibility index (Phi) is 5.54. The average Bonchev–Trinajstić information content (AvgIpc) is 2.81. The second-order valence-corrected chi connectivity index (χ2v) is 8.01. The third kappa shape index (κ3) is 3.79. The van der Waals surface area contributed by atoms with E-state index in [9.17, 15) is 9.59 Å². The van der Waals surface area contributed by atoms with Gasteiger partial charge >= 0.3 is 0 Å². The van der Waals surface area contributed by atoms with E-state index in [1.165, 1.54) is 4.90 Å². The number of hydrogen-bond acceptors (Lipinski definition) is 3. The number of halogens is 3. The molecule has 1 aliphatic rings. The van der Waals surface area contributed by atoms with Crippen LogP contribution in [0.5, 0.6) is 0 Å². The molecule has 1 heterocycles. The number of nitrogens with zero attached hydrogens (tertiary/aromatic N) is 1. The van der Waals surface area contributed by atoms with Gasteiger partial charge in [-0.3, -0.25) is 14.5 Å². The summed E-state index contributed by atoms with van der Waals surface area (Å²) >= 11 is 15.0. The molecule has 2 aromatic carbocycles. The molecule has 1 aliphatic heterocycles. The molecule has 122 valence electrons. The van der Waals surface area contributed by atoms with Gasteiger partial charge in [-0.1, -0.05) is 47.5 Å².